The van der Waals surface area contributed by atoms with Crippen LogP contribution < -0.4 is 5.32 Å². The van der Waals surface area contributed by atoms with Crippen LogP contribution in [0.25, 0.3) is 0 Å². The predicted molar refractivity (Wildman–Crippen MR) is 85.6 cm³/mol. The Morgan fingerprint density at radius 3 is 2.14 bits per heavy atom. The number of hydrogen-bond donors (Lipinski definition) is 1. The van der Waals surface area contributed by atoms with Gasteiger partial charge in [0.1, 0.15) is 0 Å². The Bertz CT molecular complexity index is 594. The quantitative estimate of drug-likeness (QED) is 0.860. The second-order valence-electron chi connectivity index (χ2n) is 7.55. The van der Waals surface area contributed by atoms with E-state index in [9.17, 15) is 9.59 Å². The molecular weight excluding hydrogens is 274 g/mol. The van der Waals surface area contributed by atoms with Crippen LogP contribution in [-0.4, -0.2) is 11.7 Å². The van der Waals surface area contributed by atoms with E-state index in [1.165, 1.54) is 32.1 Å². The van der Waals surface area contributed by atoms with Gasteiger partial charge in [0.2, 0.25) is 5.91 Å². The van der Waals surface area contributed by atoms with Gasteiger partial charge in [-0.25, -0.2) is 0 Å². The lowest BCUT2D eigenvalue weighted by atomic mass is 9.51. The smallest absolute Gasteiger partial charge is 0.228 e. The number of carbonyl (C=O) groups is 2. The Hall–Kier alpha value is -1.64. The minimum atomic E-state index is 0.000910. The molecule has 5 rings (SSSR count). The fraction of sp³-hybridized carbons (Fsp3) is 0.579. The van der Waals surface area contributed by atoms with Crippen molar-refractivity contribution in [1.82, 2.24) is 0 Å². The summed E-state index contributed by atoms with van der Waals surface area (Å²) in [6, 6.07) is 7.34. The summed E-state index contributed by atoms with van der Waals surface area (Å²) >= 11 is 0. The number of nitrogens with one attached hydrogen (secondary N) is 1. The molecule has 1 N–H and O–H groups in total. The van der Waals surface area contributed by atoms with Crippen LogP contribution >= 0.6 is 0 Å². The van der Waals surface area contributed by atoms with Gasteiger partial charge in [0.15, 0.2) is 5.78 Å². The molecule has 4 aliphatic rings. The first-order valence-electron chi connectivity index (χ1n) is 8.52. The van der Waals surface area contributed by atoms with Crippen molar-refractivity contribution < 1.29 is 9.59 Å². The fourth-order valence-electron chi connectivity index (χ4n) is 5.47. The van der Waals surface area contributed by atoms with Crippen molar-refractivity contribution in [1.29, 1.82) is 0 Å². The number of benzene rings is 1. The highest BCUT2D eigenvalue weighted by atomic mass is 16.2. The number of carbonyl (C=O) groups excluding carboxylic acids is 2. The molecule has 0 radical (unpaired) electrons. The largest absolute Gasteiger partial charge is 0.325 e. The van der Waals surface area contributed by atoms with Crippen LogP contribution in [0.4, 0.5) is 5.69 Å². The van der Waals surface area contributed by atoms with Crippen molar-refractivity contribution in [2.45, 2.75) is 39.0 Å². The van der Waals surface area contributed by atoms with E-state index in [4.69, 9.17) is 0 Å². The Labute approximate surface area is 131 Å². The minimum Gasteiger partial charge on any atom is -0.325 e. The van der Waals surface area contributed by atoms with Crippen LogP contribution in [0.15, 0.2) is 24.3 Å². The summed E-state index contributed by atoms with van der Waals surface area (Å²) in [6.07, 6.45) is 6.34. The van der Waals surface area contributed by atoms with E-state index >= 15 is 0 Å². The van der Waals surface area contributed by atoms with Crippen molar-refractivity contribution in [2.24, 2.45) is 29.6 Å². The number of amides is 1. The Kier molecular flexibility index (Phi) is 3.32. The molecule has 116 valence electrons. The molecule has 0 spiro atoms. The highest BCUT2D eigenvalue weighted by Gasteiger charge is 2.50. The molecule has 0 atom stereocenters. The third-order valence-electron chi connectivity index (χ3n) is 6.09. The summed E-state index contributed by atoms with van der Waals surface area (Å²) in [5.41, 5.74) is 1.29. The molecule has 4 fully saturated rings. The lowest BCUT2D eigenvalue weighted by Crippen LogP contribution is -2.49. The van der Waals surface area contributed by atoms with Crippen LogP contribution in [0.1, 0.15) is 49.4 Å². The second-order valence-corrected chi connectivity index (χ2v) is 7.55. The molecule has 0 heterocycles. The summed E-state index contributed by atoms with van der Waals surface area (Å²) in [4.78, 5) is 24.6. The average Bonchev–Trinajstić information content (AvgIpc) is 2.46. The zero-order chi connectivity index (χ0) is 15.3. The van der Waals surface area contributed by atoms with Gasteiger partial charge in [-0.2, -0.15) is 0 Å². The van der Waals surface area contributed by atoms with E-state index in [2.05, 4.69) is 5.32 Å². The molecule has 0 saturated heterocycles. The van der Waals surface area contributed by atoms with Crippen LogP contribution in [0.2, 0.25) is 0 Å². The van der Waals surface area contributed by atoms with Crippen LogP contribution in [-0.2, 0) is 4.79 Å². The predicted octanol–water partition coefficient (Wildman–Crippen LogP) is 3.90. The molecule has 0 unspecified atom stereocenters. The zero-order valence-corrected chi connectivity index (χ0v) is 13.0. The van der Waals surface area contributed by atoms with Gasteiger partial charge in [-0.05, 0) is 74.8 Å². The molecule has 1 amide bonds. The molecule has 1 aromatic carbocycles. The normalized spacial score (nSPS) is 35.4. The summed E-state index contributed by atoms with van der Waals surface area (Å²) in [6.45, 7) is 1.55. The molecule has 1 aromatic rings. The van der Waals surface area contributed by atoms with Crippen molar-refractivity contribution in [3.63, 3.8) is 0 Å². The van der Waals surface area contributed by atoms with E-state index in [-0.39, 0.29) is 17.6 Å². The first kappa shape index (κ1) is 14.0. The standard InChI is InChI=1S/C19H23NO2/c1-11(21)16-4-2-3-5-17(16)20-19(22)18-14-7-12-6-13(9-14)10-15(18)8-12/h2-5,12-15,18H,6-10H2,1H3,(H,20,22). The monoisotopic (exact) mass is 297 g/mol. The van der Waals surface area contributed by atoms with Crippen LogP contribution in [0.5, 0.6) is 0 Å². The Morgan fingerprint density at radius 2 is 1.55 bits per heavy atom. The van der Waals surface area contributed by atoms with E-state index in [1.54, 1.807) is 13.0 Å². The topological polar surface area (TPSA) is 46.2 Å². The van der Waals surface area contributed by atoms with Crippen LogP contribution in [0, 0.1) is 29.6 Å². The van der Waals surface area contributed by atoms with Gasteiger partial charge in [0.05, 0.1) is 5.69 Å². The number of ketones is 1. The Morgan fingerprint density at radius 1 is 0.955 bits per heavy atom. The third-order valence-corrected chi connectivity index (χ3v) is 6.09. The Balaban J connectivity index is 1.55. The molecule has 0 aliphatic heterocycles. The first-order chi connectivity index (χ1) is 10.6. The maximum absolute atomic E-state index is 12.9. The minimum absolute atomic E-state index is 0.000910. The maximum atomic E-state index is 12.9. The molecule has 22 heavy (non-hydrogen) atoms. The molecule has 4 bridgehead atoms. The van der Waals surface area contributed by atoms with Crippen molar-refractivity contribution in [3.8, 4) is 0 Å². The van der Waals surface area contributed by atoms with Gasteiger partial charge >= 0.3 is 0 Å². The lowest BCUT2D eigenvalue weighted by molar-refractivity contribution is -0.132. The summed E-state index contributed by atoms with van der Waals surface area (Å²) in [5.74, 6) is 3.19. The van der Waals surface area contributed by atoms with E-state index in [1.807, 2.05) is 18.2 Å². The third kappa shape index (κ3) is 2.27. The van der Waals surface area contributed by atoms with Crippen molar-refractivity contribution in [2.75, 3.05) is 5.32 Å². The van der Waals surface area contributed by atoms with E-state index in [0.717, 1.165) is 11.8 Å². The van der Waals surface area contributed by atoms with Crippen LogP contribution in [0.3, 0.4) is 0 Å². The highest BCUT2D eigenvalue weighted by Crippen LogP contribution is 2.56. The number of para-hydroxylation sites is 1. The van der Waals surface area contributed by atoms with E-state index < -0.39 is 0 Å². The van der Waals surface area contributed by atoms with Gasteiger partial charge < -0.3 is 5.32 Å². The second kappa shape index (κ2) is 5.22. The van der Waals surface area contributed by atoms with Gasteiger partial charge in [0, 0.05) is 11.5 Å². The number of hydrogen-bond acceptors (Lipinski definition) is 2. The molecule has 3 heteroatoms. The van der Waals surface area contributed by atoms with Crippen molar-refractivity contribution >= 4 is 17.4 Å². The van der Waals surface area contributed by atoms with Gasteiger partial charge in [-0.15, -0.1) is 0 Å². The number of Topliss-reactive ketones (excluding diaryl/α,β-unsaturated/α-hetero) is 1. The van der Waals surface area contributed by atoms with E-state index in [0.29, 0.717) is 23.1 Å². The zero-order valence-electron chi connectivity index (χ0n) is 13.0. The SMILES string of the molecule is CC(=O)c1ccccc1NC(=O)C1C2CC3CC(C2)CC1C3. The van der Waals surface area contributed by atoms with Gasteiger partial charge in [-0.3, -0.25) is 9.59 Å². The van der Waals surface area contributed by atoms with Gasteiger partial charge in [-0.1, -0.05) is 12.1 Å². The maximum Gasteiger partial charge on any atom is 0.228 e. The summed E-state index contributed by atoms with van der Waals surface area (Å²) in [5, 5.41) is 3.06. The highest BCUT2D eigenvalue weighted by molar-refractivity contribution is 6.04. The summed E-state index contributed by atoms with van der Waals surface area (Å²) in [7, 11) is 0. The lowest BCUT2D eigenvalue weighted by Gasteiger charge is -2.53. The average molecular weight is 297 g/mol. The molecule has 4 saturated carbocycles. The van der Waals surface area contributed by atoms with Crippen molar-refractivity contribution in [3.05, 3.63) is 29.8 Å². The summed E-state index contributed by atoms with van der Waals surface area (Å²) < 4.78 is 0. The first-order valence-corrected chi connectivity index (χ1v) is 8.52. The molecular formula is C19H23NO2. The molecule has 4 aliphatic carbocycles. The fourth-order valence-corrected chi connectivity index (χ4v) is 5.47. The molecule has 3 nitrogen and oxygen atoms in total. The number of rotatable bonds is 3. The molecule has 0 aromatic heterocycles. The van der Waals surface area contributed by atoms with Gasteiger partial charge in [0.25, 0.3) is 0 Å². The number of anilines is 1.